The Morgan fingerprint density at radius 3 is 2.41 bits per heavy atom. The van der Waals surface area contributed by atoms with Crippen molar-refractivity contribution in [1.82, 2.24) is 14.8 Å². The Morgan fingerprint density at radius 2 is 1.81 bits per heavy atom. The number of aromatic carboxylic acids is 1. The molecule has 3 rings (SSSR count). The van der Waals surface area contributed by atoms with Crippen molar-refractivity contribution in [2.75, 3.05) is 14.2 Å². The highest BCUT2D eigenvalue weighted by atomic mass is 16.7. The van der Waals surface area contributed by atoms with Crippen LogP contribution in [-0.2, 0) is 28.2 Å². The first kappa shape index (κ1) is 23.4. The number of carboxylic acid groups (broad SMARTS) is 1. The minimum Gasteiger partial charge on any atom is -0.478 e. The number of hydrogen-bond acceptors (Lipinski definition) is 5. The van der Waals surface area contributed by atoms with E-state index in [0.717, 1.165) is 17.0 Å². The van der Waals surface area contributed by atoms with Crippen molar-refractivity contribution in [3.8, 4) is 11.1 Å². The number of rotatable bonds is 10. The maximum Gasteiger partial charge on any atom is 0.336 e. The molecule has 0 aliphatic rings. The highest BCUT2D eigenvalue weighted by Gasteiger charge is 2.35. The highest BCUT2D eigenvalue weighted by molar-refractivity contribution is 5.95. The fourth-order valence-corrected chi connectivity index (χ4v) is 3.64. The largest absolute Gasteiger partial charge is 0.478 e. The number of aromatic nitrogens is 3. The lowest BCUT2D eigenvalue weighted by Crippen LogP contribution is -2.31. The van der Waals surface area contributed by atoms with Gasteiger partial charge in [0.25, 0.3) is 0 Å². The van der Waals surface area contributed by atoms with Crippen molar-refractivity contribution in [2.24, 2.45) is 0 Å². The molecule has 1 heterocycles. The topological polar surface area (TPSA) is 86.5 Å². The molecule has 32 heavy (non-hydrogen) atoms. The van der Waals surface area contributed by atoms with Gasteiger partial charge in [-0.2, -0.15) is 0 Å². The lowest BCUT2D eigenvalue weighted by atomic mass is 9.98. The summed E-state index contributed by atoms with van der Waals surface area (Å²) in [6.45, 7) is 4.52. The van der Waals surface area contributed by atoms with Gasteiger partial charge in [0.2, 0.25) is 11.6 Å². The van der Waals surface area contributed by atoms with E-state index in [1.54, 1.807) is 26.4 Å². The number of methoxy groups -OCH3 is 2. The number of benzene rings is 2. The third-order valence-electron chi connectivity index (χ3n) is 5.51. The molecule has 0 aliphatic carbocycles. The van der Waals surface area contributed by atoms with E-state index in [-0.39, 0.29) is 5.56 Å². The van der Waals surface area contributed by atoms with Gasteiger partial charge in [-0.05, 0) is 29.7 Å². The summed E-state index contributed by atoms with van der Waals surface area (Å²) in [6.07, 6.45) is 5.13. The van der Waals surface area contributed by atoms with Gasteiger partial charge in [0, 0.05) is 27.1 Å². The second-order valence-electron chi connectivity index (χ2n) is 7.34. The second kappa shape index (κ2) is 10.3. The summed E-state index contributed by atoms with van der Waals surface area (Å²) in [5.74, 6) is -0.634. The minimum absolute atomic E-state index is 0.283. The predicted molar refractivity (Wildman–Crippen MR) is 122 cm³/mol. The van der Waals surface area contributed by atoms with Gasteiger partial charge in [-0.25, -0.2) is 14.5 Å². The molecular formula is C25H29N3O4. The third kappa shape index (κ3) is 4.79. The molecule has 0 atom stereocenters. The van der Waals surface area contributed by atoms with Crippen LogP contribution in [0.25, 0.3) is 11.1 Å². The Balaban J connectivity index is 1.92. The maximum atomic E-state index is 11.5. The molecule has 1 aromatic heterocycles. The van der Waals surface area contributed by atoms with Crippen molar-refractivity contribution < 1.29 is 19.4 Å². The van der Waals surface area contributed by atoms with Crippen LogP contribution in [0.4, 0.5) is 0 Å². The average molecular weight is 436 g/mol. The summed E-state index contributed by atoms with van der Waals surface area (Å²) in [4.78, 5) is 16.3. The quantitative estimate of drug-likeness (QED) is 0.368. The van der Waals surface area contributed by atoms with Gasteiger partial charge in [-0.3, -0.25) is 0 Å². The fraction of sp³-hybridized carbons (Fsp3) is 0.320. The van der Waals surface area contributed by atoms with Crippen LogP contribution >= 0.6 is 0 Å². The van der Waals surface area contributed by atoms with E-state index in [1.807, 2.05) is 67.1 Å². The summed E-state index contributed by atoms with van der Waals surface area (Å²) in [7, 11) is 3.18. The molecule has 0 aliphatic heterocycles. The molecule has 3 aromatic rings. The van der Waals surface area contributed by atoms with Gasteiger partial charge >= 0.3 is 5.97 Å². The van der Waals surface area contributed by atoms with E-state index in [4.69, 9.17) is 14.5 Å². The summed E-state index contributed by atoms with van der Waals surface area (Å²) >= 11 is 0. The molecule has 1 N–H and O–H groups in total. The molecule has 7 heteroatoms. The van der Waals surface area contributed by atoms with Gasteiger partial charge in [-0.15, -0.1) is 5.10 Å². The average Bonchev–Trinajstić information content (AvgIpc) is 3.22. The van der Waals surface area contributed by atoms with Crippen molar-refractivity contribution in [3.05, 3.63) is 83.5 Å². The smallest absolute Gasteiger partial charge is 0.336 e. The molecule has 0 amide bonds. The van der Waals surface area contributed by atoms with Crippen LogP contribution in [0.2, 0.25) is 0 Å². The van der Waals surface area contributed by atoms with Gasteiger partial charge in [0.1, 0.15) is 5.82 Å². The SMILES string of the molecule is CC=CCn1nc(C(CC)(OC)OC)nc1Cc1ccc(-c2ccccc2C(=O)O)cc1. The first-order valence-electron chi connectivity index (χ1n) is 10.5. The van der Waals surface area contributed by atoms with Gasteiger partial charge in [0.05, 0.1) is 12.1 Å². The molecule has 2 aromatic carbocycles. The Morgan fingerprint density at radius 1 is 1.12 bits per heavy atom. The monoisotopic (exact) mass is 435 g/mol. The van der Waals surface area contributed by atoms with E-state index in [0.29, 0.717) is 30.8 Å². The van der Waals surface area contributed by atoms with Crippen LogP contribution in [0.15, 0.2) is 60.7 Å². The van der Waals surface area contributed by atoms with Crippen LogP contribution in [0.1, 0.15) is 47.8 Å². The zero-order valence-corrected chi connectivity index (χ0v) is 18.9. The molecule has 0 saturated heterocycles. The van der Waals surface area contributed by atoms with Crippen LogP contribution < -0.4 is 0 Å². The van der Waals surface area contributed by atoms with Crippen LogP contribution in [-0.4, -0.2) is 40.1 Å². The maximum absolute atomic E-state index is 11.5. The normalized spacial score (nSPS) is 11.9. The number of carboxylic acids is 1. The molecule has 0 bridgehead atoms. The van der Waals surface area contributed by atoms with Crippen molar-refractivity contribution >= 4 is 5.97 Å². The summed E-state index contributed by atoms with van der Waals surface area (Å²) in [6, 6.07) is 14.8. The van der Waals surface area contributed by atoms with Crippen LogP contribution in [0.5, 0.6) is 0 Å². The predicted octanol–water partition coefficient (Wildman–Crippen LogP) is 4.67. The van der Waals surface area contributed by atoms with Crippen molar-refractivity contribution in [2.45, 2.75) is 39.0 Å². The number of allylic oxidation sites excluding steroid dienone is 2. The number of hydrogen-bond donors (Lipinski definition) is 1. The molecule has 168 valence electrons. The standard InChI is InChI=1S/C25H29N3O4/c1-5-7-16-28-22(26-24(27-28)25(6-2,31-3)32-4)17-18-12-14-19(15-13-18)20-10-8-9-11-21(20)23(29)30/h5,7-15H,6,16-17H2,1-4H3,(H,29,30). The molecule has 0 fully saturated rings. The van der Waals surface area contributed by atoms with Crippen LogP contribution in [0, 0.1) is 0 Å². The molecular weight excluding hydrogens is 406 g/mol. The van der Waals surface area contributed by atoms with E-state index in [2.05, 4.69) is 5.10 Å². The first-order chi connectivity index (χ1) is 15.5. The Kier molecular flexibility index (Phi) is 7.56. The Hall–Kier alpha value is -3.29. The zero-order valence-electron chi connectivity index (χ0n) is 18.9. The van der Waals surface area contributed by atoms with Gasteiger partial charge in [-0.1, -0.05) is 61.5 Å². The lowest BCUT2D eigenvalue weighted by molar-refractivity contribution is -0.222. The second-order valence-corrected chi connectivity index (χ2v) is 7.34. The third-order valence-corrected chi connectivity index (χ3v) is 5.51. The van der Waals surface area contributed by atoms with E-state index >= 15 is 0 Å². The Bertz CT molecular complexity index is 1070. The van der Waals surface area contributed by atoms with E-state index in [9.17, 15) is 9.90 Å². The van der Waals surface area contributed by atoms with Crippen molar-refractivity contribution in [1.29, 1.82) is 0 Å². The number of ether oxygens (including phenoxy) is 2. The summed E-state index contributed by atoms with van der Waals surface area (Å²) in [5, 5.41) is 14.1. The molecule has 0 spiro atoms. The first-order valence-corrected chi connectivity index (χ1v) is 10.5. The number of nitrogens with zero attached hydrogens (tertiary/aromatic N) is 3. The summed E-state index contributed by atoms with van der Waals surface area (Å²) < 4.78 is 13.1. The molecule has 7 nitrogen and oxygen atoms in total. The van der Waals surface area contributed by atoms with Gasteiger partial charge in [0.15, 0.2) is 0 Å². The number of carbonyl (C=O) groups is 1. The Labute approximate surface area is 188 Å². The van der Waals surface area contributed by atoms with Crippen LogP contribution in [0.3, 0.4) is 0 Å². The zero-order chi connectivity index (χ0) is 23.1. The van der Waals surface area contributed by atoms with E-state index < -0.39 is 11.8 Å². The molecule has 0 radical (unpaired) electrons. The van der Waals surface area contributed by atoms with E-state index in [1.165, 1.54) is 0 Å². The highest BCUT2D eigenvalue weighted by Crippen LogP contribution is 2.28. The fourth-order valence-electron chi connectivity index (χ4n) is 3.64. The molecule has 0 unspecified atom stereocenters. The summed E-state index contributed by atoms with van der Waals surface area (Å²) in [5.41, 5.74) is 2.87. The lowest BCUT2D eigenvalue weighted by Gasteiger charge is -2.26. The van der Waals surface area contributed by atoms with Gasteiger partial charge < -0.3 is 14.6 Å². The molecule has 0 saturated carbocycles. The minimum atomic E-state index is -0.986. The van der Waals surface area contributed by atoms with Crippen molar-refractivity contribution in [3.63, 3.8) is 0 Å².